The number of methoxy groups -OCH3 is 2. The minimum Gasteiger partial charge on any atom is -0.465 e. The van der Waals surface area contributed by atoms with Crippen molar-refractivity contribution in [2.24, 2.45) is 0 Å². The molecule has 0 fully saturated rings. The fourth-order valence-electron chi connectivity index (χ4n) is 1.78. The van der Waals surface area contributed by atoms with E-state index in [4.69, 9.17) is 9.47 Å². The lowest BCUT2D eigenvalue weighted by Gasteiger charge is -2.09. The second-order valence-electron chi connectivity index (χ2n) is 4.44. The molecule has 0 aliphatic carbocycles. The molecule has 2 rings (SSSR count). The summed E-state index contributed by atoms with van der Waals surface area (Å²) in [5.41, 5.74) is 0.887. The molecule has 0 radical (unpaired) electrons. The third-order valence-corrected chi connectivity index (χ3v) is 3.00. The molecule has 23 heavy (non-hydrogen) atoms. The minimum absolute atomic E-state index is 0.00482. The van der Waals surface area contributed by atoms with Crippen molar-refractivity contribution in [1.82, 2.24) is 0 Å². The summed E-state index contributed by atoms with van der Waals surface area (Å²) in [5, 5.41) is 0. The summed E-state index contributed by atoms with van der Waals surface area (Å²) >= 11 is 0. The van der Waals surface area contributed by atoms with Gasteiger partial charge >= 0.3 is 11.9 Å². The van der Waals surface area contributed by atoms with Gasteiger partial charge < -0.3 is 18.9 Å². The van der Waals surface area contributed by atoms with E-state index in [0.717, 1.165) is 0 Å². The lowest BCUT2D eigenvalue weighted by atomic mass is 10.2. The Morgan fingerprint density at radius 1 is 0.696 bits per heavy atom. The minimum atomic E-state index is -0.404. The van der Waals surface area contributed by atoms with Crippen LogP contribution in [0.25, 0.3) is 0 Å². The van der Waals surface area contributed by atoms with Crippen molar-refractivity contribution in [2.45, 2.75) is 0 Å². The number of ether oxygens (including phenoxy) is 4. The van der Waals surface area contributed by atoms with Crippen LogP contribution in [0.4, 0.5) is 0 Å². The molecule has 0 aromatic heterocycles. The normalized spacial score (nSPS) is 9.83. The zero-order chi connectivity index (χ0) is 16.7. The van der Waals surface area contributed by atoms with Crippen LogP contribution in [-0.2, 0) is 9.47 Å². The molecular formula is C17H16O6. The quantitative estimate of drug-likeness (QED) is 0.603. The van der Waals surface area contributed by atoms with Gasteiger partial charge in [-0.05, 0) is 48.5 Å². The van der Waals surface area contributed by atoms with Crippen LogP contribution in [0.1, 0.15) is 20.7 Å². The van der Waals surface area contributed by atoms with Crippen molar-refractivity contribution < 1.29 is 28.5 Å². The smallest absolute Gasteiger partial charge is 0.337 e. The fraction of sp³-hybridized carbons (Fsp3) is 0.176. The van der Waals surface area contributed by atoms with Gasteiger partial charge in [-0.1, -0.05) is 0 Å². The Bertz CT molecular complexity index is 601. The Hall–Kier alpha value is -3.02. The summed E-state index contributed by atoms with van der Waals surface area (Å²) in [6.45, 7) is -0.00482. The summed E-state index contributed by atoms with van der Waals surface area (Å²) < 4.78 is 20.0. The SMILES string of the molecule is COC(=O)c1ccc(OCOc2ccc(C(=O)OC)cc2)cc1. The number of hydrogen-bond acceptors (Lipinski definition) is 6. The van der Waals surface area contributed by atoms with E-state index >= 15 is 0 Å². The fourth-order valence-corrected chi connectivity index (χ4v) is 1.78. The molecule has 0 saturated carbocycles. The average Bonchev–Trinajstić information content (AvgIpc) is 2.61. The maximum absolute atomic E-state index is 11.3. The molecule has 120 valence electrons. The van der Waals surface area contributed by atoms with Crippen molar-refractivity contribution >= 4 is 11.9 Å². The lowest BCUT2D eigenvalue weighted by Crippen LogP contribution is -2.07. The zero-order valence-electron chi connectivity index (χ0n) is 12.8. The number of rotatable bonds is 6. The third-order valence-electron chi connectivity index (χ3n) is 3.00. The van der Waals surface area contributed by atoms with Gasteiger partial charge in [0.2, 0.25) is 6.79 Å². The summed E-state index contributed by atoms with van der Waals surface area (Å²) in [6.07, 6.45) is 0. The summed E-state index contributed by atoms with van der Waals surface area (Å²) in [6, 6.07) is 13.0. The van der Waals surface area contributed by atoms with E-state index in [1.54, 1.807) is 48.5 Å². The summed E-state index contributed by atoms with van der Waals surface area (Å²) in [7, 11) is 2.65. The largest absolute Gasteiger partial charge is 0.465 e. The van der Waals surface area contributed by atoms with Gasteiger partial charge in [-0.25, -0.2) is 9.59 Å². The molecule has 2 aromatic carbocycles. The standard InChI is InChI=1S/C17H16O6/c1-20-16(18)12-3-7-14(8-4-12)22-11-23-15-9-5-13(6-10-15)17(19)21-2/h3-10H,11H2,1-2H3. The predicted octanol–water partition coefficient (Wildman–Crippen LogP) is 2.68. The van der Waals surface area contributed by atoms with Crippen LogP contribution >= 0.6 is 0 Å². The van der Waals surface area contributed by atoms with Gasteiger partial charge in [0.1, 0.15) is 11.5 Å². The molecule has 6 nitrogen and oxygen atoms in total. The summed E-state index contributed by atoms with van der Waals surface area (Å²) in [5.74, 6) is 0.310. The van der Waals surface area contributed by atoms with Crippen molar-refractivity contribution in [1.29, 1.82) is 0 Å². The zero-order valence-corrected chi connectivity index (χ0v) is 12.8. The van der Waals surface area contributed by atoms with Gasteiger partial charge in [0.05, 0.1) is 25.3 Å². The van der Waals surface area contributed by atoms with Crippen molar-refractivity contribution in [3.63, 3.8) is 0 Å². The monoisotopic (exact) mass is 316 g/mol. The predicted molar refractivity (Wildman–Crippen MR) is 81.7 cm³/mol. The molecule has 2 aromatic rings. The molecule has 0 bridgehead atoms. The third kappa shape index (κ3) is 4.47. The second kappa shape index (κ2) is 7.84. The van der Waals surface area contributed by atoms with Gasteiger partial charge in [0, 0.05) is 0 Å². The Balaban J connectivity index is 1.85. The average molecular weight is 316 g/mol. The van der Waals surface area contributed by atoms with Crippen LogP contribution in [0.3, 0.4) is 0 Å². The Labute approximate surface area is 133 Å². The molecule has 6 heteroatoms. The van der Waals surface area contributed by atoms with E-state index in [0.29, 0.717) is 22.6 Å². The first-order valence-electron chi connectivity index (χ1n) is 6.76. The van der Waals surface area contributed by atoms with Crippen molar-refractivity contribution in [3.05, 3.63) is 59.7 Å². The first-order chi connectivity index (χ1) is 11.1. The van der Waals surface area contributed by atoms with Crippen LogP contribution in [-0.4, -0.2) is 33.0 Å². The van der Waals surface area contributed by atoms with E-state index in [-0.39, 0.29) is 6.79 Å². The van der Waals surface area contributed by atoms with Gasteiger partial charge in [-0.2, -0.15) is 0 Å². The number of esters is 2. The first kappa shape index (κ1) is 16.4. The van der Waals surface area contributed by atoms with Crippen molar-refractivity contribution in [3.8, 4) is 11.5 Å². The molecule has 0 spiro atoms. The molecule has 0 atom stereocenters. The number of carbonyl (C=O) groups is 2. The maximum Gasteiger partial charge on any atom is 0.337 e. The highest BCUT2D eigenvalue weighted by Gasteiger charge is 2.06. The van der Waals surface area contributed by atoms with E-state index in [1.807, 2.05) is 0 Å². The van der Waals surface area contributed by atoms with Crippen LogP contribution < -0.4 is 9.47 Å². The molecule has 0 N–H and O–H groups in total. The number of carbonyl (C=O) groups excluding carboxylic acids is 2. The van der Waals surface area contributed by atoms with Crippen molar-refractivity contribution in [2.75, 3.05) is 21.0 Å². The van der Waals surface area contributed by atoms with Gasteiger partial charge in [-0.15, -0.1) is 0 Å². The highest BCUT2D eigenvalue weighted by molar-refractivity contribution is 5.89. The van der Waals surface area contributed by atoms with Gasteiger partial charge in [0.25, 0.3) is 0 Å². The highest BCUT2D eigenvalue weighted by atomic mass is 16.7. The van der Waals surface area contributed by atoms with Crippen LogP contribution in [0.15, 0.2) is 48.5 Å². The summed E-state index contributed by atoms with van der Waals surface area (Å²) in [4.78, 5) is 22.6. The Morgan fingerprint density at radius 3 is 1.35 bits per heavy atom. The van der Waals surface area contributed by atoms with Gasteiger partial charge in [0.15, 0.2) is 0 Å². The van der Waals surface area contributed by atoms with E-state index < -0.39 is 11.9 Å². The van der Waals surface area contributed by atoms with E-state index in [2.05, 4.69) is 9.47 Å². The lowest BCUT2D eigenvalue weighted by molar-refractivity contribution is 0.0592. The molecule has 0 saturated heterocycles. The van der Waals surface area contributed by atoms with Crippen LogP contribution in [0.2, 0.25) is 0 Å². The van der Waals surface area contributed by atoms with Gasteiger partial charge in [-0.3, -0.25) is 0 Å². The topological polar surface area (TPSA) is 71.1 Å². The van der Waals surface area contributed by atoms with E-state index in [1.165, 1.54) is 14.2 Å². The number of hydrogen-bond donors (Lipinski definition) is 0. The molecule has 0 unspecified atom stereocenters. The molecule has 0 amide bonds. The Kier molecular flexibility index (Phi) is 5.57. The molecule has 0 aliphatic heterocycles. The number of benzene rings is 2. The van der Waals surface area contributed by atoms with E-state index in [9.17, 15) is 9.59 Å². The molecule has 0 aliphatic rings. The first-order valence-corrected chi connectivity index (χ1v) is 6.76. The Morgan fingerprint density at radius 2 is 1.04 bits per heavy atom. The maximum atomic E-state index is 11.3. The van der Waals surface area contributed by atoms with Crippen LogP contribution in [0, 0.1) is 0 Å². The molecule has 0 heterocycles. The van der Waals surface area contributed by atoms with Crippen LogP contribution in [0.5, 0.6) is 11.5 Å². The second-order valence-corrected chi connectivity index (χ2v) is 4.44. The highest BCUT2D eigenvalue weighted by Crippen LogP contribution is 2.15. The molecular weight excluding hydrogens is 300 g/mol.